The van der Waals surface area contributed by atoms with Crippen molar-refractivity contribution >= 4 is 23.5 Å². The van der Waals surface area contributed by atoms with Crippen molar-refractivity contribution in [1.82, 2.24) is 10.5 Å². The van der Waals surface area contributed by atoms with Crippen molar-refractivity contribution in [3.05, 3.63) is 71.7 Å². The minimum Gasteiger partial charge on any atom is -0.480 e. The van der Waals surface area contributed by atoms with Crippen LogP contribution in [0.2, 0.25) is 0 Å². The smallest absolute Gasteiger partial charge is 0.322 e. The number of carboxylic acids is 1. The predicted octanol–water partition coefficient (Wildman–Crippen LogP) is 2.55. The Kier molecular flexibility index (Phi) is 5.45. The number of hydrogen-bond acceptors (Lipinski definition) is 5. The van der Waals surface area contributed by atoms with Crippen LogP contribution in [-0.4, -0.2) is 34.6 Å². The lowest BCUT2D eigenvalue weighted by atomic mass is 10.1. The first-order valence-corrected chi connectivity index (χ1v) is 8.06. The molecule has 3 aromatic rings. The third-order valence-corrected chi connectivity index (χ3v) is 3.65. The van der Waals surface area contributed by atoms with E-state index in [0.29, 0.717) is 17.0 Å². The van der Waals surface area contributed by atoms with E-state index in [1.807, 2.05) is 0 Å². The Hall–Kier alpha value is -4.01. The lowest BCUT2D eigenvalue weighted by Crippen LogP contribution is -2.29. The summed E-state index contributed by atoms with van der Waals surface area (Å²) in [6, 6.07) is 12.9. The van der Waals surface area contributed by atoms with E-state index in [9.17, 15) is 18.8 Å². The summed E-state index contributed by atoms with van der Waals surface area (Å²) in [6.45, 7) is -0.513. The van der Waals surface area contributed by atoms with Crippen LogP contribution in [0.15, 0.2) is 59.1 Å². The van der Waals surface area contributed by atoms with Crippen molar-refractivity contribution in [3.8, 4) is 11.3 Å². The Labute approximate surface area is 158 Å². The lowest BCUT2D eigenvalue weighted by Gasteiger charge is -2.06. The van der Waals surface area contributed by atoms with Gasteiger partial charge in [0.1, 0.15) is 12.4 Å². The molecule has 1 heterocycles. The zero-order chi connectivity index (χ0) is 20.1. The molecule has 0 unspecified atom stereocenters. The van der Waals surface area contributed by atoms with Crippen molar-refractivity contribution in [2.75, 3.05) is 11.9 Å². The number of amides is 2. The molecule has 142 valence electrons. The van der Waals surface area contributed by atoms with Gasteiger partial charge in [-0.3, -0.25) is 14.4 Å². The van der Waals surface area contributed by atoms with E-state index in [1.165, 1.54) is 48.5 Å². The first-order chi connectivity index (χ1) is 13.4. The van der Waals surface area contributed by atoms with Crippen LogP contribution in [0.5, 0.6) is 0 Å². The van der Waals surface area contributed by atoms with E-state index < -0.39 is 30.1 Å². The summed E-state index contributed by atoms with van der Waals surface area (Å²) in [5, 5.41) is 17.1. The van der Waals surface area contributed by atoms with Gasteiger partial charge in [-0.15, -0.1) is 0 Å². The molecule has 0 spiro atoms. The van der Waals surface area contributed by atoms with Gasteiger partial charge in [0.2, 0.25) is 0 Å². The number of aliphatic carboxylic acids is 1. The summed E-state index contributed by atoms with van der Waals surface area (Å²) in [5.74, 6) is -2.42. The lowest BCUT2D eigenvalue weighted by molar-refractivity contribution is -0.135. The average Bonchev–Trinajstić information content (AvgIpc) is 3.17. The second kappa shape index (κ2) is 8.12. The van der Waals surface area contributed by atoms with Crippen LogP contribution >= 0.6 is 0 Å². The molecular formula is C19H14FN3O5. The van der Waals surface area contributed by atoms with E-state index in [2.05, 4.69) is 15.8 Å². The molecule has 0 saturated heterocycles. The van der Waals surface area contributed by atoms with Crippen LogP contribution in [0.25, 0.3) is 11.3 Å². The minimum absolute atomic E-state index is 0.0000526. The van der Waals surface area contributed by atoms with Gasteiger partial charge in [-0.25, -0.2) is 4.39 Å². The molecule has 1 aromatic heterocycles. The van der Waals surface area contributed by atoms with E-state index in [-0.39, 0.29) is 11.3 Å². The number of benzene rings is 2. The van der Waals surface area contributed by atoms with Gasteiger partial charge in [-0.05, 0) is 42.5 Å². The maximum absolute atomic E-state index is 13.0. The Bertz CT molecular complexity index is 1030. The zero-order valence-corrected chi connectivity index (χ0v) is 14.3. The number of hydrogen-bond donors (Lipinski definition) is 3. The second-order valence-electron chi connectivity index (χ2n) is 5.69. The van der Waals surface area contributed by atoms with E-state index in [1.54, 1.807) is 6.07 Å². The van der Waals surface area contributed by atoms with Gasteiger partial charge in [-0.1, -0.05) is 11.2 Å². The van der Waals surface area contributed by atoms with E-state index >= 15 is 0 Å². The first-order valence-electron chi connectivity index (χ1n) is 8.06. The van der Waals surface area contributed by atoms with Gasteiger partial charge in [0.05, 0.1) is 0 Å². The molecule has 3 rings (SSSR count). The third kappa shape index (κ3) is 4.58. The van der Waals surface area contributed by atoms with Crippen LogP contribution in [0.1, 0.15) is 20.8 Å². The Morgan fingerprint density at radius 2 is 1.79 bits per heavy atom. The second-order valence-corrected chi connectivity index (χ2v) is 5.69. The highest BCUT2D eigenvalue weighted by atomic mass is 19.1. The van der Waals surface area contributed by atoms with Gasteiger partial charge in [-0.2, -0.15) is 0 Å². The fourth-order valence-electron chi connectivity index (χ4n) is 2.32. The molecule has 2 aromatic carbocycles. The maximum atomic E-state index is 13.0. The number of carbonyl (C=O) groups excluding carboxylic acids is 2. The minimum atomic E-state index is -1.17. The van der Waals surface area contributed by atoms with Gasteiger partial charge in [0.25, 0.3) is 11.8 Å². The molecule has 0 bridgehead atoms. The SMILES string of the molecule is O=C(O)CNC(=O)c1cccc(NC(=O)c2cc(-c3ccc(F)cc3)on2)c1. The number of halogens is 1. The quantitative estimate of drug-likeness (QED) is 0.601. The number of anilines is 1. The maximum Gasteiger partial charge on any atom is 0.322 e. The number of carbonyl (C=O) groups is 3. The number of aromatic nitrogens is 1. The first kappa shape index (κ1) is 18.8. The van der Waals surface area contributed by atoms with Gasteiger partial charge >= 0.3 is 5.97 Å². The Balaban J connectivity index is 1.70. The molecule has 9 heteroatoms. The van der Waals surface area contributed by atoms with Crippen molar-refractivity contribution < 1.29 is 28.4 Å². The molecule has 0 saturated carbocycles. The summed E-state index contributed by atoms with van der Waals surface area (Å²) in [5.41, 5.74) is 1.07. The van der Waals surface area contributed by atoms with Gasteiger partial charge in [0.15, 0.2) is 11.5 Å². The Morgan fingerprint density at radius 1 is 1.04 bits per heavy atom. The fraction of sp³-hybridized carbons (Fsp3) is 0.0526. The largest absolute Gasteiger partial charge is 0.480 e. The molecule has 0 radical (unpaired) electrons. The Morgan fingerprint density at radius 3 is 2.50 bits per heavy atom. The van der Waals surface area contributed by atoms with Crippen molar-refractivity contribution in [2.45, 2.75) is 0 Å². The number of carboxylic acid groups (broad SMARTS) is 1. The topological polar surface area (TPSA) is 122 Å². The number of nitrogens with zero attached hydrogens (tertiary/aromatic N) is 1. The van der Waals surface area contributed by atoms with E-state index in [4.69, 9.17) is 9.63 Å². The molecule has 0 atom stereocenters. The molecule has 2 amide bonds. The number of rotatable bonds is 6. The van der Waals surface area contributed by atoms with Crippen molar-refractivity contribution in [1.29, 1.82) is 0 Å². The average molecular weight is 383 g/mol. The van der Waals surface area contributed by atoms with E-state index in [0.717, 1.165) is 0 Å². The molecule has 0 aliphatic heterocycles. The molecule has 28 heavy (non-hydrogen) atoms. The van der Waals surface area contributed by atoms with Crippen LogP contribution in [0.4, 0.5) is 10.1 Å². The summed E-state index contributed by atoms with van der Waals surface area (Å²) in [6.07, 6.45) is 0. The van der Waals surface area contributed by atoms with Crippen LogP contribution in [0.3, 0.4) is 0 Å². The van der Waals surface area contributed by atoms with Crippen LogP contribution in [0, 0.1) is 5.82 Å². The monoisotopic (exact) mass is 383 g/mol. The third-order valence-electron chi connectivity index (χ3n) is 3.65. The standard InChI is InChI=1S/C19H14FN3O5/c20-13-6-4-11(5-7-13)16-9-15(23-28-16)19(27)22-14-3-1-2-12(8-14)18(26)21-10-17(24)25/h1-9H,10H2,(H,21,26)(H,22,27)(H,24,25). The highest BCUT2D eigenvalue weighted by molar-refractivity contribution is 6.04. The summed E-state index contributed by atoms with van der Waals surface area (Å²) in [4.78, 5) is 34.8. The van der Waals surface area contributed by atoms with Gasteiger partial charge < -0.3 is 20.3 Å². The van der Waals surface area contributed by atoms with Gasteiger partial charge in [0, 0.05) is 22.9 Å². The zero-order valence-electron chi connectivity index (χ0n) is 14.3. The summed E-state index contributed by atoms with van der Waals surface area (Å²) >= 11 is 0. The predicted molar refractivity (Wildman–Crippen MR) is 96.3 cm³/mol. The summed E-state index contributed by atoms with van der Waals surface area (Å²) < 4.78 is 18.1. The van der Waals surface area contributed by atoms with Crippen LogP contribution in [-0.2, 0) is 4.79 Å². The highest BCUT2D eigenvalue weighted by Crippen LogP contribution is 2.21. The molecule has 3 N–H and O–H groups in total. The molecule has 0 aliphatic rings. The molecule has 8 nitrogen and oxygen atoms in total. The molecule has 0 aliphatic carbocycles. The number of nitrogens with one attached hydrogen (secondary N) is 2. The fourth-order valence-corrected chi connectivity index (χ4v) is 2.32. The molecule has 0 fully saturated rings. The van der Waals surface area contributed by atoms with Crippen molar-refractivity contribution in [2.24, 2.45) is 0 Å². The molecular weight excluding hydrogens is 369 g/mol. The summed E-state index contributed by atoms with van der Waals surface area (Å²) in [7, 11) is 0. The highest BCUT2D eigenvalue weighted by Gasteiger charge is 2.15. The van der Waals surface area contributed by atoms with Crippen molar-refractivity contribution in [3.63, 3.8) is 0 Å². The normalized spacial score (nSPS) is 10.3. The van der Waals surface area contributed by atoms with Crippen LogP contribution < -0.4 is 10.6 Å².